The fourth-order valence-corrected chi connectivity index (χ4v) is 5.39. The minimum Gasteiger partial charge on any atom is -0.330 e. The second kappa shape index (κ2) is 8.18. The quantitative estimate of drug-likeness (QED) is 0.371. The molecule has 0 aliphatic heterocycles. The highest BCUT2D eigenvalue weighted by Crippen LogP contribution is 2.40. The largest absolute Gasteiger partial charge is 0.330 e. The molecule has 0 spiro atoms. The summed E-state index contributed by atoms with van der Waals surface area (Å²) in [7, 11) is 0. The van der Waals surface area contributed by atoms with Crippen LogP contribution in [0, 0.1) is 0 Å². The molecular formula is C18H13ClN4S3. The van der Waals surface area contributed by atoms with Crippen LogP contribution in [0.15, 0.2) is 65.1 Å². The van der Waals surface area contributed by atoms with Gasteiger partial charge < -0.3 is 5.32 Å². The normalized spacial score (nSPS) is 10.8. The Hall–Kier alpha value is -1.93. The molecule has 1 N–H and O–H groups in total. The van der Waals surface area contributed by atoms with Gasteiger partial charge >= 0.3 is 0 Å². The van der Waals surface area contributed by atoms with Gasteiger partial charge in [0, 0.05) is 33.8 Å². The predicted octanol–water partition coefficient (Wildman–Crippen LogP) is 6.35. The van der Waals surface area contributed by atoms with Gasteiger partial charge in [0.25, 0.3) is 0 Å². The molecule has 4 nitrogen and oxygen atoms in total. The third-order valence-electron chi connectivity index (χ3n) is 3.49. The zero-order chi connectivity index (χ0) is 17.8. The highest BCUT2D eigenvalue weighted by Gasteiger charge is 2.13. The number of hydrogen-bond donors (Lipinski definition) is 1. The lowest BCUT2D eigenvalue weighted by atomic mass is 10.3. The van der Waals surface area contributed by atoms with Crippen molar-refractivity contribution >= 4 is 56.9 Å². The van der Waals surface area contributed by atoms with Gasteiger partial charge in [-0.15, -0.1) is 33.3 Å². The van der Waals surface area contributed by atoms with Gasteiger partial charge in [-0.2, -0.15) is 0 Å². The van der Waals surface area contributed by atoms with Gasteiger partial charge in [0.2, 0.25) is 5.13 Å². The fraction of sp³-hybridized carbons (Fsp3) is 0.0556. The summed E-state index contributed by atoms with van der Waals surface area (Å²) in [5.74, 6) is 0.904. The number of thiophene rings is 1. The lowest BCUT2D eigenvalue weighted by Crippen LogP contribution is -1.88. The zero-order valence-electron chi connectivity index (χ0n) is 13.4. The van der Waals surface area contributed by atoms with E-state index in [1.807, 2.05) is 48.8 Å². The number of benzene rings is 1. The van der Waals surface area contributed by atoms with E-state index in [4.69, 9.17) is 11.6 Å². The van der Waals surface area contributed by atoms with E-state index in [-0.39, 0.29) is 0 Å². The monoisotopic (exact) mass is 416 g/mol. The van der Waals surface area contributed by atoms with Crippen molar-refractivity contribution in [3.63, 3.8) is 0 Å². The first-order chi connectivity index (χ1) is 12.8. The van der Waals surface area contributed by atoms with Crippen molar-refractivity contribution in [1.29, 1.82) is 0 Å². The van der Waals surface area contributed by atoms with Crippen LogP contribution in [0.4, 0.5) is 10.8 Å². The molecular weight excluding hydrogens is 404 g/mol. The lowest BCUT2D eigenvalue weighted by molar-refractivity contribution is 1.10. The van der Waals surface area contributed by atoms with Crippen LogP contribution >= 0.6 is 46.0 Å². The molecule has 0 fully saturated rings. The van der Waals surface area contributed by atoms with Crippen molar-refractivity contribution in [1.82, 2.24) is 15.2 Å². The Morgan fingerprint density at radius 1 is 1.00 bits per heavy atom. The summed E-state index contributed by atoms with van der Waals surface area (Å²) in [5.41, 5.74) is 2.19. The van der Waals surface area contributed by atoms with Crippen molar-refractivity contribution in [3.05, 3.63) is 70.8 Å². The third kappa shape index (κ3) is 4.24. The number of halogens is 1. The van der Waals surface area contributed by atoms with Crippen molar-refractivity contribution < 1.29 is 0 Å². The molecule has 26 heavy (non-hydrogen) atoms. The van der Waals surface area contributed by atoms with Gasteiger partial charge in [0.1, 0.15) is 0 Å². The minimum absolute atomic E-state index is 0.711. The molecule has 3 aromatic heterocycles. The maximum atomic E-state index is 5.92. The van der Waals surface area contributed by atoms with Crippen LogP contribution in [0.5, 0.6) is 0 Å². The number of aromatic nitrogens is 3. The van der Waals surface area contributed by atoms with Crippen molar-refractivity contribution in [2.45, 2.75) is 10.6 Å². The first kappa shape index (κ1) is 17.5. The summed E-state index contributed by atoms with van der Waals surface area (Å²) in [6, 6.07) is 13.8. The van der Waals surface area contributed by atoms with Crippen LogP contribution in [0.1, 0.15) is 5.56 Å². The van der Waals surface area contributed by atoms with Gasteiger partial charge in [-0.05, 0) is 53.4 Å². The highest BCUT2D eigenvalue weighted by atomic mass is 35.5. The molecule has 8 heteroatoms. The third-order valence-corrected chi connectivity index (χ3v) is 6.90. The Bertz CT molecular complexity index is 983. The van der Waals surface area contributed by atoms with E-state index in [1.165, 1.54) is 10.5 Å². The number of nitrogens with zero attached hydrogens (tertiary/aromatic N) is 3. The molecule has 4 rings (SSSR count). The van der Waals surface area contributed by atoms with E-state index in [0.29, 0.717) is 5.02 Å². The van der Waals surface area contributed by atoms with E-state index >= 15 is 0 Å². The first-order valence-electron chi connectivity index (χ1n) is 7.73. The summed E-state index contributed by atoms with van der Waals surface area (Å²) in [5, 5.41) is 16.4. The molecule has 0 radical (unpaired) electrons. The van der Waals surface area contributed by atoms with Gasteiger partial charge in [-0.25, -0.2) is 0 Å². The summed E-state index contributed by atoms with van der Waals surface area (Å²) < 4.78 is 0. The molecule has 0 aliphatic rings. The average Bonchev–Trinajstić information content (AvgIpc) is 3.32. The fourth-order valence-electron chi connectivity index (χ4n) is 2.23. The van der Waals surface area contributed by atoms with Crippen LogP contribution in [0.3, 0.4) is 0 Å². The molecule has 0 atom stereocenters. The van der Waals surface area contributed by atoms with Crippen molar-refractivity contribution in [2.24, 2.45) is 0 Å². The number of anilines is 2. The molecule has 0 bridgehead atoms. The van der Waals surface area contributed by atoms with Gasteiger partial charge in [-0.3, -0.25) is 4.98 Å². The number of hydrogen-bond acceptors (Lipinski definition) is 7. The van der Waals surface area contributed by atoms with Crippen molar-refractivity contribution in [2.75, 3.05) is 5.32 Å². The summed E-state index contributed by atoms with van der Waals surface area (Å²) in [6.07, 6.45) is 3.65. The van der Waals surface area contributed by atoms with Gasteiger partial charge in [-0.1, -0.05) is 22.9 Å². The second-order valence-corrected chi connectivity index (χ2v) is 8.65. The van der Waals surface area contributed by atoms with E-state index < -0.39 is 0 Å². The maximum Gasteiger partial charge on any atom is 0.210 e. The number of pyridine rings is 1. The van der Waals surface area contributed by atoms with E-state index in [1.54, 1.807) is 34.4 Å². The lowest BCUT2D eigenvalue weighted by Gasteiger charge is -2.02. The summed E-state index contributed by atoms with van der Waals surface area (Å²) >= 11 is 11.0. The standard InChI is InChI=1S/C18H13ClN4S3/c19-13-1-3-14(4-2-13)21-18-23-22-17(26-18)16-15(7-10-24-16)25-11-12-5-8-20-9-6-12/h1-10H,11H2,(H,21,23). The molecule has 4 aromatic rings. The van der Waals surface area contributed by atoms with E-state index in [2.05, 4.69) is 31.9 Å². The van der Waals surface area contributed by atoms with Gasteiger partial charge in [0.15, 0.2) is 5.01 Å². The molecule has 0 amide bonds. The second-order valence-electron chi connectivity index (χ2n) is 5.30. The molecule has 0 aliphatic carbocycles. The molecule has 0 unspecified atom stereocenters. The van der Waals surface area contributed by atoms with Crippen LogP contribution in [0.2, 0.25) is 5.02 Å². The number of nitrogens with one attached hydrogen (secondary N) is 1. The van der Waals surface area contributed by atoms with E-state index in [9.17, 15) is 0 Å². The highest BCUT2D eigenvalue weighted by molar-refractivity contribution is 7.98. The Balaban J connectivity index is 1.47. The van der Waals surface area contributed by atoms with E-state index in [0.717, 1.165) is 26.5 Å². The first-order valence-corrected chi connectivity index (χ1v) is 10.8. The molecule has 0 saturated carbocycles. The van der Waals surface area contributed by atoms with Gasteiger partial charge in [0.05, 0.1) is 4.88 Å². The summed E-state index contributed by atoms with van der Waals surface area (Å²) in [6.45, 7) is 0. The Kier molecular flexibility index (Phi) is 5.50. The molecule has 130 valence electrons. The Morgan fingerprint density at radius 2 is 1.81 bits per heavy atom. The van der Waals surface area contributed by atoms with Crippen LogP contribution in [0.25, 0.3) is 9.88 Å². The zero-order valence-corrected chi connectivity index (χ0v) is 16.6. The minimum atomic E-state index is 0.711. The van der Waals surface area contributed by atoms with Crippen LogP contribution in [-0.4, -0.2) is 15.2 Å². The molecule has 1 aromatic carbocycles. The Labute approximate surface area is 168 Å². The van der Waals surface area contributed by atoms with Crippen molar-refractivity contribution in [3.8, 4) is 9.88 Å². The molecule has 0 saturated heterocycles. The summed E-state index contributed by atoms with van der Waals surface area (Å²) in [4.78, 5) is 6.44. The predicted molar refractivity (Wildman–Crippen MR) is 112 cm³/mol. The molecule has 3 heterocycles. The average molecular weight is 417 g/mol. The Morgan fingerprint density at radius 3 is 2.62 bits per heavy atom. The smallest absolute Gasteiger partial charge is 0.210 e. The SMILES string of the molecule is Clc1ccc(Nc2nnc(-c3sccc3SCc3ccncc3)s2)cc1. The van der Waals surface area contributed by atoms with Crippen LogP contribution < -0.4 is 5.32 Å². The maximum absolute atomic E-state index is 5.92. The number of thioether (sulfide) groups is 1. The number of rotatable bonds is 6. The topological polar surface area (TPSA) is 50.7 Å². The van der Waals surface area contributed by atoms with Crippen LogP contribution in [-0.2, 0) is 5.75 Å².